The number of amides is 1. The smallest absolute Gasteiger partial charge is 0.247 e. The molecular weight excluding hydrogens is 272 g/mol. The van der Waals surface area contributed by atoms with Crippen LogP contribution in [0.15, 0.2) is 54.6 Å². The molecule has 0 aromatic heterocycles. The van der Waals surface area contributed by atoms with Crippen LogP contribution < -0.4 is 5.01 Å². The van der Waals surface area contributed by atoms with Crippen LogP contribution in [0.3, 0.4) is 0 Å². The van der Waals surface area contributed by atoms with Crippen molar-refractivity contribution in [1.29, 1.82) is 0 Å². The average Bonchev–Trinajstić information content (AvgIpc) is 3.29. The van der Waals surface area contributed by atoms with Gasteiger partial charge in [0.1, 0.15) is 0 Å². The fourth-order valence-corrected chi connectivity index (χ4v) is 4.11. The number of anilines is 2. The molecule has 3 nitrogen and oxygen atoms in total. The Hall–Kier alpha value is -2.29. The highest BCUT2D eigenvalue weighted by Crippen LogP contribution is 2.58. The first kappa shape index (κ1) is 12.3. The van der Waals surface area contributed by atoms with E-state index >= 15 is 0 Å². The van der Waals surface area contributed by atoms with Gasteiger partial charge in [0.15, 0.2) is 0 Å². The first-order chi connectivity index (χ1) is 10.8. The lowest BCUT2D eigenvalue weighted by Crippen LogP contribution is -2.50. The Kier molecular flexibility index (Phi) is 2.30. The van der Waals surface area contributed by atoms with E-state index in [9.17, 15) is 4.79 Å². The van der Waals surface area contributed by atoms with Gasteiger partial charge >= 0.3 is 0 Å². The molecule has 1 spiro atoms. The van der Waals surface area contributed by atoms with Crippen molar-refractivity contribution in [2.75, 3.05) is 5.01 Å². The molecule has 2 heterocycles. The first-order valence-corrected chi connectivity index (χ1v) is 8.05. The monoisotopic (exact) mass is 290 g/mol. The van der Waals surface area contributed by atoms with Gasteiger partial charge in [0, 0.05) is 0 Å². The summed E-state index contributed by atoms with van der Waals surface area (Å²) in [5.41, 5.74) is 3.53. The second-order valence-corrected chi connectivity index (χ2v) is 6.77. The topological polar surface area (TPSA) is 23.6 Å². The minimum absolute atomic E-state index is 0.0419. The molecule has 1 aliphatic carbocycles. The Morgan fingerprint density at radius 1 is 0.955 bits per heavy atom. The molecule has 22 heavy (non-hydrogen) atoms. The van der Waals surface area contributed by atoms with E-state index < -0.39 is 0 Å². The van der Waals surface area contributed by atoms with Crippen LogP contribution in [0.2, 0.25) is 0 Å². The number of rotatable bonds is 1. The zero-order valence-corrected chi connectivity index (χ0v) is 12.4. The van der Waals surface area contributed by atoms with Crippen LogP contribution in [0.4, 0.5) is 11.4 Å². The number of hydrazine groups is 1. The third-order valence-corrected chi connectivity index (χ3v) is 5.38. The van der Waals surface area contributed by atoms with Crippen molar-refractivity contribution in [2.45, 2.75) is 31.7 Å². The number of nitrogens with zero attached hydrogens (tertiary/aromatic N) is 2. The van der Waals surface area contributed by atoms with Crippen LogP contribution in [0, 0.1) is 5.41 Å². The summed E-state index contributed by atoms with van der Waals surface area (Å²) in [4.78, 5) is 13.0. The van der Waals surface area contributed by atoms with Crippen molar-refractivity contribution in [3.8, 4) is 0 Å². The third kappa shape index (κ3) is 1.54. The van der Waals surface area contributed by atoms with Gasteiger partial charge in [-0.25, -0.2) is 5.01 Å². The Morgan fingerprint density at radius 3 is 2.45 bits per heavy atom. The molecule has 110 valence electrons. The zero-order valence-electron chi connectivity index (χ0n) is 12.4. The summed E-state index contributed by atoms with van der Waals surface area (Å²) in [7, 11) is 0. The fraction of sp³-hybridized carbons (Fsp3) is 0.316. The van der Waals surface area contributed by atoms with E-state index in [1.54, 1.807) is 0 Å². The van der Waals surface area contributed by atoms with Crippen molar-refractivity contribution >= 4 is 17.3 Å². The number of carbonyl (C=O) groups excluding carboxylic acids is 1. The van der Waals surface area contributed by atoms with E-state index in [0.29, 0.717) is 11.9 Å². The van der Waals surface area contributed by atoms with Gasteiger partial charge in [-0.05, 0) is 49.4 Å². The van der Waals surface area contributed by atoms with Gasteiger partial charge in [-0.1, -0.05) is 36.4 Å². The Morgan fingerprint density at radius 2 is 1.68 bits per heavy atom. The van der Waals surface area contributed by atoms with Crippen molar-refractivity contribution < 1.29 is 4.79 Å². The van der Waals surface area contributed by atoms with Crippen LogP contribution in [-0.2, 0) is 11.2 Å². The zero-order chi connectivity index (χ0) is 14.7. The molecule has 0 N–H and O–H groups in total. The Labute approximate surface area is 130 Å². The number of benzene rings is 2. The lowest BCUT2D eigenvalue weighted by Gasteiger charge is -2.42. The lowest BCUT2D eigenvalue weighted by atomic mass is 9.96. The molecule has 2 aromatic rings. The normalized spacial score (nSPS) is 24.4. The highest BCUT2D eigenvalue weighted by atomic mass is 16.2. The molecule has 2 fully saturated rings. The molecular formula is C19H18N2O. The van der Waals surface area contributed by atoms with Gasteiger partial charge < -0.3 is 0 Å². The first-order valence-electron chi connectivity index (χ1n) is 8.05. The van der Waals surface area contributed by atoms with Gasteiger partial charge in [0.2, 0.25) is 5.91 Å². The van der Waals surface area contributed by atoms with E-state index in [4.69, 9.17) is 0 Å². The minimum Gasteiger partial charge on any atom is -0.272 e. The summed E-state index contributed by atoms with van der Waals surface area (Å²) in [6, 6.07) is 19.1. The van der Waals surface area contributed by atoms with Crippen molar-refractivity contribution in [3.05, 3.63) is 60.2 Å². The quantitative estimate of drug-likeness (QED) is 0.800. The van der Waals surface area contributed by atoms with Gasteiger partial charge in [-0.2, -0.15) is 0 Å². The summed E-state index contributed by atoms with van der Waals surface area (Å²) < 4.78 is 0. The number of hydrogen-bond donors (Lipinski definition) is 0. The molecule has 3 aliphatic rings. The van der Waals surface area contributed by atoms with Crippen LogP contribution in [0.1, 0.15) is 24.8 Å². The summed E-state index contributed by atoms with van der Waals surface area (Å²) in [5, 5.41) is 4.20. The van der Waals surface area contributed by atoms with Crippen LogP contribution in [0.25, 0.3) is 0 Å². The van der Waals surface area contributed by atoms with E-state index in [1.165, 1.54) is 5.56 Å². The standard InChI is InChI=1S/C19H18N2O/c22-18-19(10-11-19)13-16-12-14-6-4-5-9-17(14)20(21(16)18)15-7-2-1-3-8-15/h1-9,16H,10-13H2. The molecule has 0 bridgehead atoms. The molecule has 1 saturated heterocycles. The maximum Gasteiger partial charge on any atom is 0.247 e. The molecule has 3 heteroatoms. The van der Waals surface area contributed by atoms with Gasteiger partial charge in [0.05, 0.1) is 22.8 Å². The summed E-state index contributed by atoms with van der Waals surface area (Å²) in [5.74, 6) is 0.329. The summed E-state index contributed by atoms with van der Waals surface area (Å²) >= 11 is 0. The van der Waals surface area contributed by atoms with E-state index in [-0.39, 0.29) is 5.41 Å². The largest absolute Gasteiger partial charge is 0.272 e. The van der Waals surface area contributed by atoms with Gasteiger partial charge in [0.25, 0.3) is 0 Å². The van der Waals surface area contributed by atoms with Crippen molar-refractivity contribution in [3.63, 3.8) is 0 Å². The van der Waals surface area contributed by atoms with E-state index in [1.807, 2.05) is 23.2 Å². The molecule has 0 radical (unpaired) electrons. The fourth-order valence-electron chi connectivity index (χ4n) is 4.11. The number of hydrogen-bond acceptors (Lipinski definition) is 2. The van der Waals surface area contributed by atoms with Gasteiger partial charge in [-0.15, -0.1) is 0 Å². The van der Waals surface area contributed by atoms with Crippen LogP contribution >= 0.6 is 0 Å². The molecule has 5 rings (SSSR count). The maximum atomic E-state index is 13.0. The second kappa shape index (κ2) is 4.13. The number of carbonyl (C=O) groups is 1. The Bertz CT molecular complexity index is 751. The molecule has 1 atom stereocenters. The average molecular weight is 290 g/mol. The maximum absolute atomic E-state index is 13.0. The molecule has 2 aliphatic heterocycles. The lowest BCUT2D eigenvalue weighted by molar-refractivity contribution is -0.133. The highest BCUT2D eigenvalue weighted by Gasteiger charge is 2.61. The van der Waals surface area contributed by atoms with Crippen LogP contribution in [-0.4, -0.2) is 17.0 Å². The second-order valence-electron chi connectivity index (χ2n) is 6.77. The van der Waals surface area contributed by atoms with Crippen LogP contribution in [0.5, 0.6) is 0 Å². The van der Waals surface area contributed by atoms with Crippen molar-refractivity contribution in [1.82, 2.24) is 5.01 Å². The Balaban J connectivity index is 1.69. The summed E-state index contributed by atoms with van der Waals surface area (Å²) in [6.07, 6.45) is 4.13. The predicted octanol–water partition coefficient (Wildman–Crippen LogP) is 3.68. The van der Waals surface area contributed by atoms with Crippen molar-refractivity contribution in [2.24, 2.45) is 5.41 Å². The molecule has 1 unspecified atom stereocenters. The minimum atomic E-state index is -0.0419. The van der Waals surface area contributed by atoms with Gasteiger partial charge in [-0.3, -0.25) is 9.80 Å². The summed E-state index contributed by atoms with van der Waals surface area (Å²) in [6.45, 7) is 0. The number of para-hydroxylation sites is 2. The van der Waals surface area contributed by atoms with E-state index in [0.717, 1.165) is 37.1 Å². The SMILES string of the molecule is O=C1N2C(Cc3ccccc3N2c2ccccc2)CC12CC2. The van der Waals surface area contributed by atoms with E-state index in [2.05, 4.69) is 41.4 Å². The highest BCUT2D eigenvalue weighted by molar-refractivity contribution is 5.91. The molecule has 1 amide bonds. The molecule has 2 aromatic carbocycles. The predicted molar refractivity (Wildman–Crippen MR) is 85.6 cm³/mol. The number of fused-ring (bicyclic) bond motifs is 2. The third-order valence-electron chi connectivity index (χ3n) is 5.38. The molecule has 1 saturated carbocycles.